The lowest BCUT2D eigenvalue weighted by Gasteiger charge is -2.24. The van der Waals surface area contributed by atoms with Gasteiger partial charge < -0.3 is 20.1 Å². The Hall–Kier alpha value is -1.10. The second-order valence-corrected chi connectivity index (χ2v) is 5.46. The molecule has 2 atom stereocenters. The molecule has 4 heteroatoms. The maximum atomic E-state index is 6.27. The quantitative estimate of drug-likeness (QED) is 0.830. The first-order chi connectivity index (χ1) is 9.69. The second-order valence-electron chi connectivity index (χ2n) is 5.46. The highest BCUT2D eigenvalue weighted by molar-refractivity contribution is 5.29. The number of rotatable bonds is 7. The van der Waals surface area contributed by atoms with Gasteiger partial charge in [-0.2, -0.15) is 0 Å². The van der Waals surface area contributed by atoms with E-state index >= 15 is 0 Å². The molecule has 0 amide bonds. The number of nitrogens with zero attached hydrogens (tertiary/aromatic N) is 1. The lowest BCUT2D eigenvalue weighted by atomic mass is 10.1. The van der Waals surface area contributed by atoms with E-state index < -0.39 is 0 Å². The standard InChI is InChI=1S/C16H26N2O2/c1-3-19-14-8-6-13(7-9-14)16(17)12-18(2)11-15-5-4-10-20-15/h6-9,15-16H,3-5,10-12,17H2,1-2H3. The summed E-state index contributed by atoms with van der Waals surface area (Å²) in [5.41, 5.74) is 7.42. The van der Waals surface area contributed by atoms with Gasteiger partial charge in [-0.15, -0.1) is 0 Å². The van der Waals surface area contributed by atoms with Gasteiger partial charge in [-0.25, -0.2) is 0 Å². The molecule has 1 aromatic carbocycles. The Morgan fingerprint density at radius 3 is 2.75 bits per heavy atom. The summed E-state index contributed by atoms with van der Waals surface area (Å²) < 4.78 is 11.1. The van der Waals surface area contributed by atoms with Crippen molar-refractivity contribution < 1.29 is 9.47 Å². The second kappa shape index (κ2) is 7.62. The van der Waals surface area contributed by atoms with E-state index in [9.17, 15) is 0 Å². The fraction of sp³-hybridized carbons (Fsp3) is 0.625. The van der Waals surface area contributed by atoms with Crippen molar-refractivity contribution in [2.45, 2.75) is 31.9 Å². The van der Waals surface area contributed by atoms with E-state index in [4.69, 9.17) is 15.2 Å². The van der Waals surface area contributed by atoms with Crippen LogP contribution in [0.2, 0.25) is 0 Å². The van der Waals surface area contributed by atoms with E-state index in [1.54, 1.807) is 0 Å². The van der Waals surface area contributed by atoms with Crippen molar-refractivity contribution in [2.24, 2.45) is 5.73 Å². The number of hydrogen-bond acceptors (Lipinski definition) is 4. The van der Waals surface area contributed by atoms with Gasteiger partial charge in [0, 0.05) is 25.7 Å². The Kier molecular flexibility index (Phi) is 5.83. The van der Waals surface area contributed by atoms with Crippen molar-refractivity contribution in [1.82, 2.24) is 4.90 Å². The third-order valence-electron chi connectivity index (χ3n) is 3.67. The molecular weight excluding hydrogens is 252 g/mol. The molecular formula is C16H26N2O2. The van der Waals surface area contributed by atoms with E-state index in [1.807, 2.05) is 19.1 Å². The molecule has 1 saturated heterocycles. The van der Waals surface area contributed by atoms with Crippen LogP contribution in [0.15, 0.2) is 24.3 Å². The molecule has 0 bridgehead atoms. The number of hydrogen-bond donors (Lipinski definition) is 1. The summed E-state index contributed by atoms with van der Waals surface area (Å²) in [6, 6.07) is 8.10. The molecule has 1 aromatic rings. The summed E-state index contributed by atoms with van der Waals surface area (Å²) >= 11 is 0. The Balaban J connectivity index is 1.81. The monoisotopic (exact) mass is 278 g/mol. The molecule has 0 saturated carbocycles. The van der Waals surface area contributed by atoms with Gasteiger partial charge in [0.25, 0.3) is 0 Å². The predicted octanol–water partition coefficient (Wildman–Crippen LogP) is 2.20. The lowest BCUT2D eigenvalue weighted by molar-refractivity contribution is 0.0796. The summed E-state index contributed by atoms with van der Waals surface area (Å²) in [6.07, 6.45) is 2.74. The first kappa shape index (κ1) is 15.3. The topological polar surface area (TPSA) is 47.7 Å². The van der Waals surface area contributed by atoms with Crippen molar-refractivity contribution >= 4 is 0 Å². The number of benzene rings is 1. The van der Waals surface area contributed by atoms with Crippen LogP contribution in [0.5, 0.6) is 5.75 Å². The highest BCUT2D eigenvalue weighted by Gasteiger charge is 2.18. The van der Waals surface area contributed by atoms with Gasteiger partial charge in [0.2, 0.25) is 0 Å². The molecule has 2 unspecified atom stereocenters. The summed E-state index contributed by atoms with van der Waals surface area (Å²) in [6.45, 7) is 5.39. The van der Waals surface area contributed by atoms with Gasteiger partial charge >= 0.3 is 0 Å². The molecule has 0 aromatic heterocycles. The molecule has 20 heavy (non-hydrogen) atoms. The van der Waals surface area contributed by atoms with Gasteiger partial charge in [0.05, 0.1) is 12.7 Å². The fourth-order valence-corrected chi connectivity index (χ4v) is 2.63. The van der Waals surface area contributed by atoms with Crippen LogP contribution in [0.25, 0.3) is 0 Å². The van der Waals surface area contributed by atoms with Gasteiger partial charge in [0.1, 0.15) is 5.75 Å². The minimum Gasteiger partial charge on any atom is -0.494 e. The SMILES string of the molecule is CCOc1ccc(C(N)CN(C)CC2CCCO2)cc1. The molecule has 2 N–H and O–H groups in total. The van der Waals surface area contributed by atoms with Crippen LogP contribution >= 0.6 is 0 Å². The van der Waals surface area contributed by atoms with Crippen LogP contribution in [0.3, 0.4) is 0 Å². The highest BCUT2D eigenvalue weighted by atomic mass is 16.5. The van der Waals surface area contributed by atoms with E-state index in [1.165, 1.54) is 12.8 Å². The smallest absolute Gasteiger partial charge is 0.119 e. The zero-order chi connectivity index (χ0) is 14.4. The number of ether oxygens (including phenoxy) is 2. The predicted molar refractivity (Wildman–Crippen MR) is 81.0 cm³/mol. The zero-order valence-electron chi connectivity index (χ0n) is 12.5. The molecule has 1 aliphatic heterocycles. The highest BCUT2D eigenvalue weighted by Crippen LogP contribution is 2.18. The van der Waals surface area contributed by atoms with E-state index in [-0.39, 0.29) is 6.04 Å². The Morgan fingerprint density at radius 1 is 1.40 bits per heavy atom. The molecule has 0 aliphatic carbocycles. The largest absolute Gasteiger partial charge is 0.494 e. The third-order valence-corrected chi connectivity index (χ3v) is 3.67. The van der Waals surface area contributed by atoms with Crippen LogP contribution in [-0.4, -0.2) is 44.4 Å². The number of nitrogens with two attached hydrogens (primary N) is 1. The maximum Gasteiger partial charge on any atom is 0.119 e. The lowest BCUT2D eigenvalue weighted by Crippen LogP contribution is -2.34. The summed E-state index contributed by atoms with van der Waals surface area (Å²) in [5, 5.41) is 0. The van der Waals surface area contributed by atoms with Gasteiger partial charge in [-0.1, -0.05) is 12.1 Å². The van der Waals surface area contributed by atoms with Gasteiger partial charge in [0.15, 0.2) is 0 Å². The first-order valence-corrected chi connectivity index (χ1v) is 7.47. The van der Waals surface area contributed by atoms with E-state index in [0.29, 0.717) is 12.7 Å². The Labute approximate surface area is 121 Å². The molecule has 1 aliphatic rings. The van der Waals surface area contributed by atoms with Crippen molar-refractivity contribution in [3.8, 4) is 5.75 Å². The van der Waals surface area contributed by atoms with Crippen molar-refractivity contribution in [2.75, 3.05) is 33.4 Å². The Morgan fingerprint density at radius 2 is 2.15 bits per heavy atom. The molecule has 2 rings (SSSR count). The molecule has 0 radical (unpaired) electrons. The van der Waals surface area contributed by atoms with Gasteiger partial charge in [-0.3, -0.25) is 0 Å². The van der Waals surface area contributed by atoms with Crippen LogP contribution in [0.4, 0.5) is 0 Å². The van der Waals surface area contributed by atoms with Crippen LogP contribution < -0.4 is 10.5 Å². The first-order valence-electron chi connectivity index (χ1n) is 7.47. The van der Waals surface area contributed by atoms with Crippen LogP contribution in [0, 0.1) is 0 Å². The van der Waals surface area contributed by atoms with Crippen molar-refractivity contribution in [1.29, 1.82) is 0 Å². The molecule has 1 heterocycles. The fourth-order valence-electron chi connectivity index (χ4n) is 2.63. The van der Waals surface area contributed by atoms with Crippen LogP contribution in [0.1, 0.15) is 31.4 Å². The summed E-state index contributed by atoms with van der Waals surface area (Å²) in [5.74, 6) is 0.899. The average Bonchev–Trinajstić information content (AvgIpc) is 2.92. The van der Waals surface area contributed by atoms with Gasteiger partial charge in [-0.05, 0) is 44.5 Å². The molecule has 112 valence electrons. The van der Waals surface area contributed by atoms with Crippen molar-refractivity contribution in [3.63, 3.8) is 0 Å². The molecule has 4 nitrogen and oxygen atoms in total. The average molecular weight is 278 g/mol. The normalized spacial score (nSPS) is 20.3. The molecule has 0 spiro atoms. The minimum atomic E-state index is 0.0251. The van der Waals surface area contributed by atoms with E-state index in [0.717, 1.165) is 31.0 Å². The number of likely N-dealkylation sites (N-methyl/N-ethyl adjacent to an activating group) is 1. The third kappa shape index (κ3) is 4.47. The van der Waals surface area contributed by atoms with Crippen LogP contribution in [-0.2, 0) is 4.74 Å². The summed E-state index contributed by atoms with van der Waals surface area (Å²) in [7, 11) is 2.11. The minimum absolute atomic E-state index is 0.0251. The Bertz CT molecular complexity index is 388. The maximum absolute atomic E-state index is 6.27. The van der Waals surface area contributed by atoms with E-state index in [2.05, 4.69) is 24.1 Å². The van der Waals surface area contributed by atoms with Crippen molar-refractivity contribution in [3.05, 3.63) is 29.8 Å². The zero-order valence-corrected chi connectivity index (χ0v) is 12.5. The molecule has 1 fully saturated rings. The summed E-state index contributed by atoms with van der Waals surface area (Å²) in [4.78, 5) is 2.26.